The molecule has 0 unspecified atom stereocenters. The molecule has 0 spiro atoms. The second kappa shape index (κ2) is 5.04. The normalized spacial score (nSPS) is 8.31. The Morgan fingerprint density at radius 2 is 2.23 bits per heavy atom. The Labute approximate surface area is 79.9 Å². The second-order valence-electron chi connectivity index (χ2n) is 1.90. The van der Waals surface area contributed by atoms with E-state index < -0.39 is 6.09 Å². The second-order valence-corrected chi connectivity index (χ2v) is 1.90. The van der Waals surface area contributed by atoms with Crippen molar-refractivity contribution in [1.29, 1.82) is 5.41 Å². The van der Waals surface area contributed by atoms with Gasteiger partial charge in [-0.2, -0.15) is 0 Å². The molecule has 0 atom stereocenters. The summed E-state index contributed by atoms with van der Waals surface area (Å²) in [6.45, 7) is 0. The molecule has 70 valence electrons. The van der Waals surface area contributed by atoms with E-state index in [0.717, 1.165) is 0 Å². The van der Waals surface area contributed by atoms with Crippen LogP contribution in [0.5, 0.6) is 0 Å². The number of amidine groups is 1. The Hall–Kier alpha value is -1.69. The van der Waals surface area contributed by atoms with Crippen LogP contribution in [0.1, 0.15) is 5.69 Å². The summed E-state index contributed by atoms with van der Waals surface area (Å²) in [5.41, 5.74) is 0.194. The molecule has 0 aliphatic carbocycles. The molecule has 13 heavy (non-hydrogen) atoms. The van der Waals surface area contributed by atoms with Crippen LogP contribution in [0.25, 0.3) is 0 Å². The van der Waals surface area contributed by atoms with Crippen molar-refractivity contribution < 1.29 is 9.90 Å². The maximum absolute atomic E-state index is 10.1. The summed E-state index contributed by atoms with van der Waals surface area (Å²) in [6, 6.07) is 0. The van der Waals surface area contributed by atoms with E-state index in [1.165, 1.54) is 18.6 Å². The highest BCUT2D eigenvalue weighted by Gasteiger charge is 2.04. The molecule has 0 aliphatic rings. The monoisotopic (exact) mass is 202 g/mol. The molecule has 0 saturated heterocycles. The van der Waals surface area contributed by atoms with Gasteiger partial charge in [0.15, 0.2) is 5.84 Å². The van der Waals surface area contributed by atoms with Crippen LogP contribution in [0.15, 0.2) is 18.6 Å². The molecule has 1 amide bonds. The van der Waals surface area contributed by atoms with Crippen LogP contribution in [0, 0.1) is 5.41 Å². The first-order valence-electron chi connectivity index (χ1n) is 3.05. The third kappa shape index (κ3) is 3.48. The molecule has 0 saturated carbocycles. The smallest absolute Gasteiger partial charge is 0.410 e. The van der Waals surface area contributed by atoms with Gasteiger partial charge in [0.05, 0.1) is 6.20 Å². The number of nitrogens with one attached hydrogen (secondary N) is 2. The zero-order valence-corrected chi connectivity index (χ0v) is 7.21. The fourth-order valence-corrected chi connectivity index (χ4v) is 0.599. The molecule has 3 N–H and O–H groups in total. The van der Waals surface area contributed by atoms with E-state index in [0.29, 0.717) is 0 Å². The molecule has 1 rings (SSSR count). The van der Waals surface area contributed by atoms with Gasteiger partial charge in [0, 0.05) is 12.4 Å². The number of aromatic nitrogens is 2. The van der Waals surface area contributed by atoms with Crippen LogP contribution in [0.4, 0.5) is 4.79 Å². The van der Waals surface area contributed by atoms with Crippen molar-refractivity contribution in [1.82, 2.24) is 15.3 Å². The lowest BCUT2D eigenvalue weighted by molar-refractivity contribution is 0.200. The van der Waals surface area contributed by atoms with E-state index in [-0.39, 0.29) is 23.9 Å². The maximum Gasteiger partial charge on any atom is 0.410 e. The molecule has 0 fully saturated rings. The van der Waals surface area contributed by atoms with Gasteiger partial charge in [0.2, 0.25) is 0 Å². The molecular formula is C6H7ClN4O2. The highest BCUT2D eigenvalue weighted by Crippen LogP contribution is 1.88. The van der Waals surface area contributed by atoms with Gasteiger partial charge in [-0.05, 0) is 0 Å². The van der Waals surface area contributed by atoms with Crippen molar-refractivity contribution in [2.45, 2.75) is 0 Å². The Kier molecular flexibility index (Phi) is 4.39. The van der Waals surface area contributed by atoms with Crippen LogP contribution in [-0.2, 0) is 0 Å². The highest BCUT2D eigenvalue weighted by atomic mass is 35.5. The van der Waals surface area contributed by atoms with Gasteiger partial charge in [-0.3, -0.25) is 15.7 Å². The number of hydrogen-bond acceptors (Lipinski definition) is 4. The molecule has 1 aromatic rings. The fraction of sp³-hybridized carbons (Fsp3) is 0. The topological polar surface area (TPSA) is 99.0 Å². The number of rotatable bonds is 1. The highest BCUT2D eigenvalue weighted by molar-refractivity contribution is 6.02. The molecule has 0 aromatic carbocycles. The summed E-state index contributed by atoms with van der Waals surface area (Å²) in [6.07, 6.45) is 2.84. The predicted octanol–water partition coefficient (Wildman–Crippen LogP) is 0.491. The van der Waals surface area contributed by atoms with Crippen LogP contribution in [-0.4, -0.2) is 27.0 Å². The van der Waals surface area contributed by atoms with Gasteiger partial charge in [0.25, 0.3) is 0 Å². The molecule has 0 radical (unpaired) electrons. The van der Waals surface area contributed by atoms with Crippen molar-refractivity contribution in [2.24, 2.45) is 0 Å². The summed E-state index contributed by atoms with van der Waals surface area (Å²) in [5, 5.41) is 17.3. The number of halogens is 1. The molecule has 6 nitrogen and oxygen atoms in total. The zero-order chi connectivity index (χ0) is 8.97. The van der Waals surface area contributed by atoms with Crippen LogP contribution < -0.4 is 5.32 Å². The third-order valence-corrected chi connectivity index (χ3v) is 1.05. The lowest BCUT2D eigenvalue weighted by atomic mass is 10.4. The van der Waals surface area contributed by atoms with E-state index in [1.54, 1.807) is 0 Å². The molecule has 1 heterocycles. The van der Waals surface area contributed by atoms with Crippen LogP contribution in [0.3, 0.4) is 0 Å². The lowest BCUT2D eigenvalue weighted by Gasteiger charge is -1.99. The van der Waals surface area contributed by atoms with E-state index in [1.807, 2.05) is 5.32 Å². The van der Waals surface area contributed by atoms with Gasteiger partial charge < -0.3 is 5.11 Å². The number of nitrogens with zero attached hydrogens (tertiary/aromatic N) is 2. The summed E-state index contributed by atoms with van der Waals surface area (Å²) in [7, 11) is 0. The van der Waals surface area contributed by atoms with E-state index in [9.17, 15) is 4.79 Å². The van der Waals surface area contributed by atoms with Crippen molar-refractivity contribution in [3.05, 3.63) is 24.3 Å². The van der Waals surface area contributed by atoms with E-state index in [2.05, 4.69) is 9.97 Å². The van der Waals surface area contributed by atoms with Gasteiger partial charge in [-0.1, -0.05) is 0 Å². The minimum absolute atomic E-state index is 0. The van der Waals surface area contributed by atoms with Gasteiger partial charge >= 0.3 is 6.09 Å². The zero-order valence-electron chi connectivity index (χ0n) is 6.39. The summed E-state index contributed by atoms with van der Waals surface area (Å²) in [4.78, 5) is 17.5. The minimum Gasteiger partial charge on any atom is -0.465 e. The van der Waals surface area contributed by atoms with Crippen molar-refractivity contribution in [3.63, 3.8) is 0 Å². The number of amides is 1. The standard InChI is InChI=1S/C6H6N4O2.ClH/c7-5(10-6(11)12)4-3-8-1-2-9-4;/h1-3H,(H2,7,10)(H,11,12);1H. The Morgan fingerprint density at radius 1 is 1.54 bits per heavy atom. The van der Waals surface area contributed by atoms with Crippen LogP contribution >= 0.6 is 12.4 Å². The Balaban J connectivity index is 0.00000144. The summed E-state index contributed by atoms with van der Waals surface area (Å²) < 4.78 is 0. The first-order chi connectivity index (χ1) is 5.70. The number of carboxylic acid groups (broad SMARTS) is 1. The van der Waals surface area contributed by atoms with Crippen molar-refractivity contribution in [3.8, 4) is 0 Å². The SMILES string of the molecule is Cl.N=C(NC(=O)O)c1cnccn1. The number of carbonyl (C=O) groups is 1. The minimum atomic E-state index is -1.29. The van der Waals surface area contributed by atoms with E-state index >= 15 is 0 Å². The Morgan fingerprint density at radius 3 is 2.69 bits per heavy atom. The van der Waals surface area contributed by atoms with Gasteiger partial charge in [-0.25, -0.2) is 9.78 Å². The molecule has 0 bridgehead atoms. The van der Waals surface area contributed by atoms with Crippen LogP contribution in [0.2, 0.25) is 0 Å². The van der Waals surface area contributed by atoms with Gasteiger partial charge in [-0.15, -0.1) is 12.4 Å². The molecule has 7 heteroatoms. The molecule has 0 aliphatic heterocycles. The van der Waals surface area contributed by atoms with Crippen molar-refractivity contribution >= 4 is 24.3 Å². The largest absolute Gasteiger partial charge is 0.465 e. The van der Waals surface area contributed by atoms with Crippen molar-refractivity contribution in [2.75, 3.05) is 0 Å². The Bertz CT molecular complexity index is 303. The quantitative estimate of drug-likeness (QED) is 0.456. The fourth-order valence-electron chi connectivity index (χ4n) is 0.599. The average molecular weight is 203 g/mol. The number of hydrogen-bond donors (Lipinski definition) is 3. The summed E-state index contributed by atoms with van der Waals surface area (Å²) >= 11 is 0. The first kappa shape index (κ1) is 11.3. The molecular weight excluding hydrogens is 196 g/mol. The predicted molar refractivity (Wildman–Crippen MR) is 47.3 cm³/mol. The van der Waals surface area contributed by atoms with E-state index in [4.69, 9.17) is 10.5 Å². The third-order valence-electron chi connectivity index (χ3n) is 1.05. The molecule has 1 aromatic heterocycles. The summed E-state index contributed by atoms with van der Waals surface area (Å²) in [5.74, 6) is -0.282. The lowest BCUT2D eigenvalue weighted by Crippen LogP contribution is -2.29. The van der Waals surface area contributed by atoms with Gasteiger partial charge in [0.1, 0.15) is 5.69 Å². The maximum atomic E-state index is 10.1. The average Bonchev–Trinajstić information content (AvgIpc) is 2.05. The first-order valence-corrected chi connectivity index (χ1v) is 3.05.